The molecule has 2 saturated heterocycles. The predicted molar refractivity (Wildman–Crippen MR) is 99.9 cm³/mol. The molecule has 8 nitrogen and oxygen atoms in total. The zero-order valence-electron chi connectivity index (χ0n) is 15.4. The van der Waals surface area contributed by atoms with Crippen LogP contribution in [0.1, 0.15) is 25.7 Å². The van der Waals surface area contributed by atoms with Gasteiger partial charge in [0.2, 0.25) is 5.91 Å². The Hall–Kier alpha value is -2.22. The summed E-state index contributed by atoms with van der Waals surface area (Å²) in [4.78, 5) is 35.1. The van der Waals surface area contributed by atoms with E-state index in [4.69, 9.17) is 0 Å². The number of carbonyl (C=O) groups is 1. The summed E-state index contributed by atoms with van der Waals surface area (Å²) < 4.78 is 0. The number of piperidine rings is 1. The first kappa shape index (κ1) is 17.2. The first-order valence-electron chi connectivity index (χ1n) is 9.56. The Balaban J connectivity index is 1.29. The summed E-state index contributed by atoms with van der Waals surface area (Å²) in [5.41, 5.74) is 1.56. The van der Waals surface area contributed by atoms with Crippen LogP contribution in [0.15, 0.2) is 12.7 Å². The molecule has 26 heavy (non-hydrogen) atoms. The molecule has 4 heterocycles. The quantitative estimate of drug-likeness (QED) is 0.883. The molecular formula is C18H27N7O. The number of hydrogen-bond acceptors (Lipinski definition) is 6. The van der Waals surface area contributed by atoms with Gasteiger partial charge in [0.15, 0.2) is 11.5 Å². The largest absolute Gasteiger partial charge is 0.351 e. The van der Waals surface area contributed by atoms with Gasteiger partial charge in [0, 0.05) is 39.1 Å². The van der Waals surface area contributed by atoms with E-state index in [0.29, 0.717) is 23.9 Å². The van der Waals surface area contributed by atoms with Crippen LogP contribution in [-0.4, -0.2) is 82.0 Å². The number of nitrogens with one attached hydrogen (secondary N) is 1. The van der Waals surface area contributed by atoms with Crippen molar-refractivity contribution in [3.8, 4) is 0 Å². The van der Waals surface area contributed by atoms with Crippen molar-refractivity contribution >= 4 is 22.9 Å². The monoisotopic (exact) mass is 357 g/mol. The Labute approximate surface area is 153 Å². The summed E-state index contributed by atoms with van der Waals surface area (Å²) in [6.45, 7) is 5.42. The number of nitrogens with zero attached hydrogens (tertiary/aromatic N) is 6. The highest BCUT2D eigenvalue weighted by molar-refractivity contribution is 5.83. The number of aromatic nitrogens is 4. The Bertz CT molecular complexity index is 753. The lowest BCUT2D eigenvalue weighted by Gasteiger charge is -2.36. The van der Waals surface area contributed by atoms with E-state index < -0.39 is 0 Å². The molecule has 8 heteroatoms. The van der Waals surface area contributed by atoms with E-state index in [1.165, 1.54) is 19.4 Å². The van der Waals surface area contributed by atoms with Crippen LogP contribution in [0.4, 0.5) is 5.82 Å². The number of imidazole rings is 1. The van der Waals surface area contributed by atoms with Gasteiger partial charge in [0.1, 0.15) is 11.8 Å². The summed E-state index contributed by atoms with van der Waals surface area (Å²) in [5, 5.41) is 0. The lowest BCUT2D eigenvalue weighted by molar-refractivity contribution is -0.131. The molecule has 2 aromatic rings. The molecule has 0 spiro atoms. The molecule has 2 aliphatic rings. The van der Waals surface area contributed by atoms with Crippen molar-refractivity contribution in [3.05, 3.63) is 12.7 Å². The Morgan fingerprint density at radius 1 is 1.19 bits per heavy atom. The second kappa shape index (κ2) is 7.57. The third-order valence-electron chi connectivity index (χ3n) is 5.62. The summed E-state index contributed by atoms with van der Waals surface area (Å²) in [7, 11) is 2.18. The third-order valence-corrected chi connectivity index (χ3v) is 5.62. The first-order valence-corrected chi connectivity index (χ1v) is 9.56. The van der Waals surface area contributed by atoms with Gasteiger partial charge in [-0.1, -0.05) is 0 Å². The number of likely N-dealkylation sites (tertiary alicyclic amines) is 1. The molecule has 0 aliphatic carbocycles. The first-order chi connectivity index (χ1) is 12.7. The Kier molecular flexibility index (Phi) is 5.01. The Morgan fingerprint density at radius 3 is 2.85 bits per heavy atom. The average Bonchev–Trinajstić information content (AvgIpc) is 3.15. The van der Waals surface area contributed by atoms with E-state index in [0.717, 1.165) is 50.5 Å². The SMILES string of the molecule is CN1CCC[C@H](CCC(=O)N2CCN(c3ncnc4nc[nH]c34)CC2)C1. The fourth-order valence-corrected chi connectivity index (χ4v) is 4.15. The molecule has 1 N–H and O–H groups in total. The number of piperazine rings is 1. The number of amides is 1. The topological polar surface area (TPSA) is 81.2 Å². The van der Waals surface area contributed by atoms with E-state index in [2.05, 4.69) is 36.8 Å². The summed E-state index contributed by atoms with van der Waals surface area (Å²) >= 11 is 0. The van der Waals surface area contributed by atoms with Crippen LogP contribution in [0.3, 0.4) is 0 Å². The predicted octanol–water partition coefficient (Wildman–Crippen LogP) is 1.12. The standard InChI is InChI=1S/C18H27N7O/c1-23-6-2-3-14(11-23)4-5-15(26)24-7-9-25(10-8-24)18-16-17(20-12-19-16)21-13-22-18/h12-14H,2-11H2,1H3,(H,19,20,21,22)/t14-/m1/s1. The molecule has 4 rings (SSSR count). The molecule has 1 amide bonds. The van der Waals surface area contributed by atoms with Gasteiger partial charge >= 0.3 is 0 Å². The van der Waals surface area contributed by atoms with Crippen LogP contribution in [0.5, 0.6) is 0 Å². The second-order valence-electron chi connectivity index (χ2n) is 7.48. The number of aromatic amines is 1. The van der Waals surface area contributed by atoms with Crippen molar-refractivity contribution in [3.63, 3.8) is 0 Å². The summed E-state index contributed by atoms with van der Waals surface area (Å²) in [6.07, 6.45) is 7.41. The van der Waals surface area contributed by atoms with Crippen LogP contribution < -0.4 is 4.90 Å². The minimum absolute atomic E-state index is 0.298. The number of fused-ring (bicyclic) bond motifs is 1. The normalized spacial score (nSPS) is 22.1. The zero-order valence-corrected chi connectivity index (χ0v) is 15.4. The van der Waals surface area contributed by atoms with Crippen LogP contribution in [0, 0.1) is 5.92 Å². The lowest BCUT2D eigenvalue weighted by Crippen LogP contribution is -2.49. The maximum absolute atomic E-state index is 12.6. The molecule has 0 bridgehead atoms. The molecule has 2 aliphatic heterocycles. The van der Waals surface area contributed by atoms with Crippen LogP contribution in [-0.2, 0) is 4.79 Å². The fraction of sp³-hybridized carbons (Fsp3) is 0.667. The van der Waals surface area contributed by atoms with Crippen molar-refractivity contribution in [2.75, 3.05) is 51.2 Å². The van der Waals surface area contributed by atoms with Gasteiger partial charge in [-0.2, -0.15) is 0 Å². The molecule has 140 valence electrons. The van der Waals surface area contributed by atoms with Gasteiger partial charge < -0.3 is 19.7 Å². The smallest absolute Gasteiger partial charge is 0.222 e. The molecular weight excluding hydrogens is 330 g/mol. The average molecular weight is 357 g/mol. The van der Waals surface area contributed by atoms with Crippen molar-refractivity contribution in [2.45, 2.75) is 25.7 Å². The molecule has 0 radical (unpaired) electrons. The van der Waals surface area contributed by atoms with Gasteiger partial charge in [-0.25, -0.2) is 15.0 Å². The molecule has 0 aromatic carbocycles. The Morgan fingerprint density at radius 2 is 2.04 bits per heavy atom. The number of hydrogen-bond donors (Lipinski definition) is 1. The maximum Gasteiger partial charge on any atom is 0.222 e. The highest BCUT2D eigenvalue weighted by atomic mass is 16.2. The van der Waals surface area contributed by atoms with Gasteiger partial charge in [0.25, 0.3) is 0 Å². The van der Waals surface area contributed by atoms with Crippen molar-refractivity contribution < 1.29 is 4.79 Å². The zero-order chi connectivity index (χ0) is 17.9. The van der Waals surface area contributed by atoms with Gasteiger partial charge in [0.05, 0.1) is 6.33 Å². The van der Waals surface area contributed by atoms with E-state index in [-0.39, 0.29) is 0 Å². The number of rotatable bonds is 4. The fourth-order valence-electron chi connectivity index (χ4n) is 4.15. The summed E-state index contributed by atoms with van der Waals surface area (Å²) in [6, 6.07) is 0. The van der Waals surface area contributed by atoms with Crippen LogP contribution in [0.25, 0.3) is 11.2 Å². The molecule has 1 atom stereocenters. The minimum atomic E-state index is 0.298. The number of anilines is 1. The second-order valence-corrected chi connectivity index (χ2v) is 7.48. The van der Waals surface area contributed by atoms with Crippen molar-refractivity contribution in [2.24, 2.45) is 5.92 Å². The third kappa shape index (κ3) is 3.65. The van der Waals surface area contributed by atoms with E-state index in [9.17, 15) is 4.79 Å². The molecule has 2 fully saturated rings. The van der Waals surface area contributed by atoms with Crippen LogP contribution in [0.2, 0.25) is 0 Å². The van der Waals surface area contributed by atoms with E-state index in [1.54, 1.807) is 12.7 Å². The highest BCUT2D eigenvalue weighted by Crippen LogP contribution is 2.23. The maximum atomic E-state index is 12.6. The molecule has 0 saturated carbocycles. The minimum Gasteiger partial charge on any atom is -0.351 e. The number of carbonyl (C=O) groups excluding carboxylic acids is 1. The van der Waals surface area contributed by atoms with Gasteiger partial charge in [-0.3, -0.25) is 4.79 Å². The summed E-state index contributed by atoms with van der Waals surface area (Å²) in [5.74, 6) is 1.85. The van der Waals surface area contributed by atoms with Crippen molar-refractivity contribution in [1.29, 1.82) is 0 Å². The van der Waals surface area contributed by atoms with Crippen LogP contribution >= 0.6 is 0 Å². The lowest BCUT2D eigenvalue weighted by atomic mass is 9.93. The van der Waals surface area contributed by atoms with E-state index >= 15 is 0 Å². The number of H-pyrrole nitrogens is 1. The van der Waals surface area contributed by atoms with Crippen molar-refractivity contribution in [1.82, 2.24) is 29.7 Å². The highest BCUT2D eigenvalue weighted by Gasteiger charge is 2.25. The van der Waals surface area contributed by atoms with E-state index in [1.807, 2.05) is 4.90 Å². The van der Waals surface area contributed by atoms with Gasteiger partial charge in [-0.05, 0) is 38.8 Å². The molecule has 2 aromatic heterocycles. The molecule has 0 unspecified atom stereocenters. The van der Waals surface area contributed by atoms with Gasteiger partial charge in [-0.15, -0.1) is 0 Å².